The van der Waals surface area contributed by atoms with Gasteiger partial charge in [-0.05, 0) is 24.0 Å². The Morgan fingerprint density at radius 1 is 1.42 bits per heavy atom. The van der Waals surface area contributed by atoms with Crippen LogP contribution in [0.4, 0.5) is 0 Å². The lowest BCUT2D eigenvalue weighted by Gasteiger charge is -2.00. The number of carbonyl (C=O) groups is 1. The van der Waals surface area contributed by atoms with Crippen molar-refractivity contribution >= 4 is 6.29 Å². The summed E-state index contributed by atoms with van der Waals surface area (Å²) in [6.45, 7) is 0. The van der Waals surface area contributed by atoms with Gasteiger partial charge in [0, 0.05) is 5.92 Å². The van der Waals surface area contributed by atoms with E-state index in [9.17, 15) is 9.90 Å². The second kappa shape index (κ2) is 2.63. The minimum Gasteiger partial charge on any atom is -0.508 e. The Kier molecular flexibility index (Phi) is 1.61. The summed E-state index contributed by atoms with van der Waals surface area (Å²) in [6, 6.07) is 7.21. The van der Waals surface area contributed by atoms with Crippen LogP contribution in [0.25, 0.3) is 0 Å². The summed E-state index contributed by atoms with van der Waals surface area (Å²) in [7, 11) is 0. The molecule has 2 atom stereocenters. The van der Waals surface area contributed by atoms with Gasteiger partial charge in [-0.3, -0.25) is 0 Å². The number of aldehydes is 1. The van der Waals surface area contributed by atoms with Crippen molar-refractivity contribution in [3.8, 4) is 5.75 Å². The predicted octanol–water partition coefficient (Wildman–Crippen LogP) is 1.69. The zero-order valence-electron chi connectivity index (χ0n) is 6.60. The molecule has 2 heteroatoms. The van der Waals surface area contributed by atoms with Gasteiger partial charge in [0.25, 0.3) is 0 Å². The van der Waals surface area contributed by atoms with E-state index in [4.69, 9.17) is 0 Å². The molecule has 1 aromatic rings. The van der Waals surface area contributed by atoms with Crippen molar-refractivity contribution in [1.82, 2.24) is 0 Å². The van der Waals surface area contributed by atoms with Crippen LogP contribution in [0.2, 0.25) is 0 Å². The molecule has 1 aliphatic rings. The van der Waals surface area contributed by atoms with Crippen LogP contribution in [0, 0.1) is 5.92 Å². The van der Waals surface area contributed by atoms with Gasteiger partial charge in [0.2, 0.25) is 0 Å². The Morgan fingerprint density at radius 3 is 2.75 bits per heavy atom. The molecule has 2 nitrogen and oxygen atoms in total. The molecular weight excluding hydrogens is 152 g/mol. The SMILES string of the molecule is O=CC1CC1c1ccccc1O. The summed E-state index contributed by atoms with van der Waals surface area (Å²) >= 11 is 0. The highest BCUT2D eigenvalue weighted by atomic mass is 16.3. The Bertz CT molecular complexity index is 306. The summed E-state index contributed by atoms with van der Waals surface area (Å²) in [6.07, 6.45) is 1.86. The molecule has 0 radical (unpaired) electrons. The van der Waals surface area contributed by atoms with Gasteiger partial charge in [-0.15, -0.1) is 0 Å². The molecule has 1 fully saturated rings. The number of para-hydroxylation sites is 1. The van der Waals surface area contributed by atoms with Crippen molar-refractivity contribution in [2.45, 2.75) is 12.3 Å². The molecular formula is C10H10O2. The van der Waals surface area contributed by atoms with E-state index in [1.54, 1.807) is 12.1 Å². The van der Waals surface area contributed by atoms with Gasteiger partial charge in [0.1, 0.15) is 12.0 Å². The topological polar surface area (TPSA) is 37.3 Å². The maximum atomic E-state index is 10.4. The minimum atomic E-state index is 0.137. The average molecular weight is 162 g/mol. The fourth-order valence-corrected chi connectivity index (χ4v) is 1.52. The molecule has 2 rings (SSSR count). The van der Waals surface area contributed by atoms with Gasteiger partial charge in [-0.1, -0.05) is 18.2 Å². The van der Waals surface area contributed by atoms with Crippen molar-refractivity contribution in [2.75, 3.05) is 0 Å². The zero-order valence-corrected chi connectivity index (χ0v) is 6.60. The van der Waals surface area contributed by atoms with E-state index in [2.05, 4.69) is 0 Å². The smallest absolute Gasteiger partial charge is 0.123 e. The van der Waals surface area contributed by atoms with E-state index < -0.39 is 0 Å². The molecule has 0 amide bonds. The number of phenols is 1. The fourth-order valence-electron chi connectivity index (χ4n) is 1.52. The lowest BCUT2D eigenvalue weighted by atomic mass is 10.1. The molecule has 0 bridgehead atoms. The van der Waals surface area contributed by atoms with Gasteiger partial charge in [-0.25, -0.2) is 0 Å². The lowest BCUT2D eigenvalue weighted by molar-refractivity contribution is -0.108. The maximum absolute atomic E-state index is 10.4. The fraction of sp³-hybridized carbons (Fsp3) is 0.300. The van der Waals surface area contributed by atoms with E-state index in [0.717, 1.165) is 18.3 Å². The monoisotopic (exact) mass is 162 g/mol. The van der Waals surface area contributed by atoms with Crippen LogP contribution >= 0.6 is 0 Å². The van der Waals surface area contributed by atoms with E-state index in [1.807, 2.05) is 12.1 Å². The molecule has 1 N–H and O–H groups in total. The molecule has 0 aliphatic heterocycles. The third-order valence-corrected chi connectivity index (χ3v) is 2.35. The van der Waals surface area contributed by atoms with E-state index in [0.29, 0.717) is 5.75 Å². The van der Waals surface area contributed by atoms with Crippen LogP contribution in [-0.4, -0.2) is 11.4 Å². The molecule has 1 aliphatic carbocycles. The molecule has 62 valence electrons. The molecule has 0 heterocycles. The number of carbonyl (C=O) groups excluding carboxylic acids is 1. The van der Waals surface area contributed by atoms with Crippen LogP contribution in [0.3, 0.4) is 0 Å². The Hall–Kier alpha value is -1.31. The van der Waals surface area contributed by atoms with Crippen LogP contribution in [0.5, 0.6) is 5.75 Å². The number of phenolic OH excluding ortho intramolecular Hbond substituents is 1. The van der Waals surface area contributed by atoms with Crippen LogP contribution in [-0.2, 0) is 4.79 Å². The third-order valence-electron chi connectivity index (χ3n) is 2.35. The van der Waals surface area contributed by atoms with Crippen molar-refractivity contribution < 1.29 is 9.90 Å². The Morgan fingerprint density at radius 2 is 2.17 bits per heavy atom. The average Bonchev–Trinajstić information content (AvgIpc) is 2.84. The van der Waals surface area contributed by atoms with Crippen LogP contribution in [0.15, 0.2) is 24.3 Å². The first kappa shape index (κ1) is 7.35. The van der Waals surface area contributed by atoms with Crippen LogP contribution < -0.4 is 0 Å². The second-order valence-corrected chi connectivity index (χ2v) is 3.20. The van der Waals surface area contributed by atoms with E-state index >= 15 is 0 Å². The molecule has 0 aromatic heterocycles. The molecule has 0 spiro atoms. The Balaban J connectivity index is 2.25. The summed E-state index contributed by atoms with van der Waals surface area (Å²) in [5.74, 6) is 0.717. The quantitative estimate of drug-likeness (QED) is 0.672. The normalized spacial score (nSPS) is 26.7. The van der Waals surface area contributed by atoms with Gasteiger partial charge >= 0.3 is 0 Å². The first-order chi connectivity index (χ1) is 5.83. The molecule has 12 heavy (non-hydrogen) atoms. The largest absolute Gasteiger partial charge is 0.508 e. The van der Waals surface area contributed by atoms with E-state index in [1.165, 1.54) is 0 Å². The summed E-state index contributed by atoms with van der Waals surface area (Å²) in [5, 5.41) is 9.42. The van der Waals surface area contributed by atoms with Gasteiger partial charge < -0.3 is 9.90 Å². The minimum absolute atomic E-state index is 0.137. The standard InChI is InChI=1S/C10H10O2/c11-6-7-5-9(7)8-3-1-2-4-10(8)12/h1-4,6-7,9,12H,5H2. The van der Waals surface area contributed by atoms with Crippen molar-refractivity contribution in [2.24, 2.45) is 5.92 Å². The Labute approximate surface area is 70.8 Å². The molecule has 1 aromatic carbocycles. The van der Waals surface area contributed by atoms with E-state index in [-0.39, 0.29) is 11.8 Å². The molecule has 0 saturated heterocycles. The van der Waals surface area contributed by atoms with Crippen LogP contribution in [0.1, 0.15) is 17.9 Å². The molecule has 1 saturated carbocycles. The first-order valence-electron chi connectivity index (χ1n) is 4.06. The molecule has 2 unspecified atom stereocenters. The highest BCUT2D eigenvalue weighted by Gasteiger charge is 2.39. The van der Waals surface area contributed by atoms with Gasteiger partial charge in [0.15, 0.2) is 0 Å². The highest BCUT2D eigenvalue weighted by molar-refractivity contribution is 5.62. The van der Waals surface area contributed by atoms with Gasteiger partial charge in [-0.2, -0.15) is 0 Å². The number of hydrogen-bond donors (Lipinski definition) is 1. The van der Waals surface area contributed by atoms with Crippen molar-refractivity contribution in [3.63, 3.8) is 0 Å². The number of aromatic hydroxyl groups is 1. The number of benzene rings is 1. The summed E-state index contributed by atoms with van der Waals surface area (Å²) in [4.78, 5) is 10.4. The summed E-state index contributed by atoms with van der Waals surface area (Å²) in [5.41, 5.74) is 0.912. The maximum Gasteiger partial charge on any atom is 0.123 e. The van der Waals surface area contributed by atoms with Crippen molar-refractivity contribution in [3.05, 3.63) is 29.8 Å². The predicted molar refractivity (Wildman–Crippen MR) is 45.0 cm³/mol. The second-order valence-electron chi connectivity index (χ2n) is 3.20. The number of hydrogen-bond acceptors (Lipinski definition) is 2. The van der Waals surface area contributed by atoms with Crippen molar-refractivity contribution in [1.29, 1.82) is 0 Å². The lowest BCUT2D eigenvalue weighted by Crippen LogP contribution is -1.84. The third kappa shape index (κ3) is 1.09. The number of rotatable bonds is 2. The first-order valence-corrected chi connectivity index (χ1v) is 4.06. The zero-order chi connectivity index (χ0) is 8.55. The van der Waals surface area contributed by atoms with Gasteiger partial charge in [0.05, 0.1) is 0 Å². The summed E-state index contributed by atoms with van der Waals surface area (Å²) < 4.78 is 0. The highest BCUT2D eigenvalue weighted by Crippen LogP contribution is 2.48.